The fraction of sp³-hybridized carbons (Fsp3) is 0.0909. The fourth-order valence-corrected chi connectivity index (χ4v) is 2.23. The first-order valence-corrected chi connectivity index (χ1v) is 6.01. The van der Waals surface area contributed by atoms with E-state index in [1.54, 1.807) is 12.1 Å². The summed E-state index contributed by atoms with van der Waals surface area (Å²) >= 11 is 7.29. The highest BCUT2D eigenvalue weighted by molar-refractivity contribution is 7.10. The zero-order valence-corrected chi connectivity index (χ0v) is 10.2. The summed E-state index contributed by atoms with van der Waals surface area (Å²) in [6.07, 6.45) is 0. The van der Waals surface area contributed by atoms with Crippen molar-refractivity contribution < 1.29 is 9.66 Å². The van der Waals surface area contributed by atoms with Crippen molar-refractivity contribution in [3.63, 3.8) is 0 Å². The molecule has 0 aliphatic rings. The van der Waals surface area contributed by atoms with Gasteiger partial charge in [-0.1, -0.05) is 11.6 Å². The Morgan fingerprint density at radius 1 is 1.35 bits per heavy atom. The van der Waals surface area contributed by atoms with Gasteiger partial charge in [0, 0.05) is 22.4 Å². The number of nitro benzene ring substituents is 1. The Morgan fingerprint density at radius 2 is 2.06 bits per heavy atom. The molecule has 17 heavy (non-hydrogen) atoms. The van der Waals surface area contributed by atoms with Crippen LogP contribution in [0.5, 0.6) is 5.75 Å². The molecule has 0 atom stereocenters. The minimum atomic E-state index is -0.442. The molecule has 1 heterocycles. The van der Waals surface area contributed by atoms with Gasteiger partial charge in [-0.15, -0.1) is 11.3 Å². The normalized spacial score (nSPS) is 10.2. The molecule has 0 N–H and O–H groups in total. The summed E-state index contributed by atoms with van der Waals surface area (Å²) in [6, 6.07) is 7.81. The van der Waals surface area contributed by atoms with E-state index in [9.17, 15) is 10.1 Å². The molecule has 0 unspecified atom stereocenters. The number of nitrogens with zero attached hydrogens (tertiary/aromatic N) is 1. The van der Waals surface area contributed by atoms with Gasteiger partial charge in [0.2, 0.25) is 0 Å². The molecule has 0 saturated heterocycles. The fourth-order valence-electron chi connectivity index (χ4n) is 1.25. The molecule has 2 rings (SSSR count). The second-order valence-corrected chi connectivity index (χ2v) is 4.70. The van der Waals surface area contributed by atoms with E-state index < -0.39 is 4.92 Å². The van der Waals surface area contributed by atoms with Crippen LogP contribution >= 0.6 is 22.9 Å². The van der Waals surface area contributed by atoms with Crippen LogP contribution in [0.3, 0.4) is 0 Å². The van der Waals surface area contributed by atoms with Crippen molar-refractivity contribution in [2.75, 3.05) is 0 Å². The standard InChI is InChI=1S/C11H8ClNO3S/c12-8-5-11(17-7-8)6-16-10-3-1-9(2-4-10)13(14)15/h1-5,7H,6H2. The number of nitro groups is 1. The van der Waals surface area contributed by atoms with Crippen LogP contribution in [-0.2, 0) is 6.61 Å². The van der Waals surface area contributed by atoms with Crippen LogP contribution in [-0.4, -0.2) is 4.92 Å². The Morgan fingerprint density at radius 3 is 2.59 bits per heavy atom. The van der Waals surface area contributed by atoms with Crippen LogP contribution in [0.1, 0.15) is 4.88 Å². The van der Waals surface area contributed by atoms with E-state index in [1.807, 2.05) is 11.4 Å². The van der Waals surface area contributed by atoms with E-state index in [-0.39, 0.29) is 5.69 Å². The largest absolute Gasteiger partial charge is 0.488 e. The molecule has 0 bridgehead atoms. The second-order valence-electron chi connectivity index (χ2n) is 3.27. The molecule has 0 spiro atoms. The highest BCUT2D eigenvalue weighted by Crippen LogP contribution is 2.22. The molecule has 1 aromatic carbocycles. The molecule has 0 aliphatic carbocycles. The molecule has 0 radical (unpaired) electrons. The van der Waals surface area contributed by atoms with Gasteiger partial charge in [-0.3, -0.25) is 10.1 Å². The number of benzene rings is 1. The van der Waals surface area contributed by atoms with Gasteiger partial charge in [0.05, 0.1) is 9.95 Å². The average Bonchev–Trinajstić information content (AvgIpc) is 2.73. The quantitative estimate of drug-likeness (QED) is 0.625. The predicted octanol–water partition coefficient (Wildman–Crippen LogP) is 3.89. The minimum absolute atomic E-state index is 0.0523. The van der Waals surface area contributed by atoms with Gasteiger partial charge in [0.25, 0.3) is 5.69 Å². The van der Waals surface area contributed by atoms with Gasteiger partial charge < -0.3 is 4.74 Å². The van der Waals surface area contributed by atoms with Gasteiger partial charge >= 0.3 is 0 Å². The summed E-state index contributed by atoms with van der Waals surface area (Å²) in [5.41, 5.74) is 0.0523. The Kier molecular flexibility index (Phi) is 3.61. The number of halogens is 1. The van der Waals surface area contributed by atoms with Crippen molar-refractivity contribution in [1.82, 2.24) is 0 Å². The summed E-state index contributed by atoms with van der Waals surface area (Å²) in [7, 11) is 0. The Balaban J connectivity index is 1.97. The van der Waals surface area contributed by atoms with Crippen molar-refractivity contribution in [3.8, 4) is 5.75 Å². The molecule has 4 nitrogen and oxygen atoms in total. The third kappa shape index (κ3) is 3.18. The van der Waals surface area contributed by atoms with Crippen LogP contribution in [0, 0.1) is 10.1 Å². The van der Waals surface area contributed by atoms with Crippen LogP contribution < -0.4 is 4.74 Å². The van der Waals surface area contributed by atoms with Gasteiger partial charge in [-0.25, -0.2) is 0 Å². The van der Waals surface area contributed by atoms with E-state index in [0.717, 1.165) is 4.88 Å². The maximum Gasteiger partial charge on any atom is 0.269 e. The molecular formula is C11H8ClNO3S. The predicted molar refractivity (Wildman–Crippen MR) is 66.8 cm³/mol. The lowest BCUT2D eigenvalue weighted by Crippen LogP contribution is -1.93. The van der Waals surface area contributed by atoms with Crippen LogP contribution in [0.15, 0.2) is 35.7 Å². The van der Waals surface area contributed by atoms with Crippen molar-refractivity contribution in [2.45, 2.75) is 6.61 Å². The molecular weight excluding hydrogens is 262 g/mol. The van der Waals surface area contributed by atoms with Crippen LogP contribution in [0.2, 0.25) is 5.02 Å². The summed E-state index contributed by atoms with van der Waals surface area (Å²) in [5.74, 6) is 0.597. The zero-order chi connectivity index (χ0) is 12.3. The van der Waals surface area contributed by atoms with Gasteiger partial charge in [-0.2, -0.15) is 0 Å². The third-order valence-corrected chi connectivity index (χ3v) is 3.31. The lowest BCUT2D eigenvalue weighted by molar-refractivity contribution is -0.384. The Bertz CT molecular complexity index is 524. The first-order valence-electron chi connectivity index (χ1n) is 4.75. The molecule has 88 valence electrons. The van der Waals surface area contributed by atoms with Crippen molar-refractivity contribution in [1.29, 1.82) is 0 Å². The minimum Gasteiger partial charge on any atom is -0.488 e. The van der Waals surface area contributed by atoms with E-state index >= 15 is 0 Å². The third-order valence-electron chi connectivity index (χ3n) is 2.05. The maximum atomic E-state index is 10.4. The number of non-ortho nitro benzene ring substituents is 1. The number of hydrogen-bond donors (Lipinski definition) is 0. The van der Waals surface area contributed by atoms with E-state index in [1.165, 1.54) is 23.5 Å². The molecule has 1 aromatic heterocycles. The molecule has 0 saturated carbocycles. The monoisotopic (exact) mass is 269 g/mol. The van der Waals surface area contributed by atoms with Crippen molar-refractivity contribution >= 4 is 28.6 Å². The molecule has 0 amide bonds. The van der Waals surface area contributed by atoms with Gasteiger partial charge in [0.15, 0.2) is 0 Å². The van der Waals surface area contributed by atoms with E-state index in [4.69, 9.17) is 16.3 Å². The first-order chi connectivity index (χ1) is 8.15. The molecule has 2 aromatic rings. The first kappa shape index (κ1) is 11.9. The summed E-state index contributed by atoms with van der Waals surface area (Å²) < 4.78 is 5.47. The second kappa shape index (κ2) is 5.16. The number of thiophene rings is 1. The van der Waals surface area contributed by atoms with Crippen molar-refractivity contribution in [2.24, 2.45) is 0 Å². The highest BCUT2D eigenvalue weighted by atomic mass is 35.5. The lowest BCUT2D eigenvalue weighted by atomic mass is 10.3. The van der Waals surface area contributed by atoms with Crippen molar-refractivity contribution in [3.05, 3.63) is 55.7 Å². The Labute approximate surface area is 107 Å². The Hall–Kier alpha value is -1.59. The van der Waals surface area contributed by atoms with E-state index in [0.29, 0.717) is 17.4 Å². The average molecular weight is 270 g/mol. The number of ether oxygens (including phenoxy) is 1. The highest BCUT2D eigenvalue weighted by Gasteiger charge is 2.05. The lowest BCUT2D eigenvalue weighted by Gasteiger charge is -2.03. The number of rotatable bonds is 4. The smallest absolute Gasteiger partial charge is 0.269 e. The van der Waals surface area contributed by atoms with Crippen LogP contribution in [0.25, 0.3) is 0 Å². The SMILES string of the molecule is O=[N+]([O-])c1ccc(OCc2cc(Cl)cs2)cc1. The number of hydrogen-bond acceptors (Lipinski definition) is 4. The van der Waals surface area contributed by atoms with Crippen LogP contribution in [0.4, 0.5) is 5.69 Å². The van der Waals surface area contributed by atoms with E-state index in [2.05, 4.69) is 0 Å². The summed E-state index contributed by atoms with van der Waals surface area (Å²) in [5, 5.41) is 13.0. The topological polar surface area (TPSA) is 52.4 Å². The zero-order valence-electron chi connectivity index (χ0n) is 8.63. The summed E-state index contributed by atoms with van der Waals surface area (Å²) in [6.45, 7) is 0.412. The van der Waals surface area contributed by atoms with Gasteiger partial charge in [0.1, 0.15) is 12.4 Å². The molecule has 0 fully saturated rings. The maximum absolute atomic E-state index is 10.4. The molecule has 0 aliphatic heterocycles. The molecule has 6 heteroatoms. The summed E-state index contributed by atoms with van der Waals surface area (Å²) in [4.78, 5) is 11.0. The van der Waals surface area contributed by atoms with Gasteiger partial charge in [-0.05, 0) is 18.2 Å².